The molecule has 1 aliphatic rings. The standard InChI is InChI=1S/C18H20Cl2N2O2/c19-13-7-8-17(14(20)12-13)24-11-3-6-18(23)22-10-2-5-16(22)15-4-1-9-21-15/h1,4,7-9,12,16,21H,2-3,5-6,10-11H2. The van der Waals surface area contributed by atoms with E-state index < -0.39 is 0 Å². The number of H-pyrrole nitrogens is 1. The monoisotopic (exact) mass is 366 g/mol. The summed E-state index contributed by atoms with van der Waals surface area (Å²) in [6.45, 7) is 1.28. The van der Waals surface area contributed by atoms with Gasteiger partial charge in [0.2, 0.25) is 5.91 Å². The molecular formula is C18H20Cl2N2O2. The van der Waals surface area contributed by atoms with E-state index in [4.69, 9.17) is 27.9 Å². The second kappa shape index (κ2) is 7.95. The van der Waals surface area contributed by atoms with Crippen molar-refractivity contribution in [2.75, 3.05) is 13.2 Å². The van der Waals surface area contributed by atoms with Crippen LogP contribution in [-0.4, -0.2) is 28.9 Å². The van der Waals surface area contributed by atoms with Crippen LogP contribution in [0.15, 0.2) is 36.5 Å². The normalized spacial score (nSPS) is 17.2. The molecule has 3 rings (SSSR count). The van der Waals surface area contributed by atoms with Crippen molar-refractivity contribution in [3.63, 3.8) is 0 Å². The molecule has 2 aromatic rings. The fourth-order valence-electron chi connectivity index (χ4n) is 3.08. The Bertz CT molecular complexity index is 688. The molecule has 0 radical (unpaired) electrons. The number of aromatic nitrogens is 1. The molecule has 0 spiro atoms. The van der Waals surface area contributed by atoms with Gasteiger partial charge in [0.1, 0.15) is 5.75 Å². The van der Waals surface area contributed by atoms with E-state index in [-0.39, 0.29) is 11.9 Å². The molecular weight excluding hydrogens is 347 g/mol. The van der Waals surface area contributed by atoms with Crippen LogP contribution in [0.25, 0.3) is 0 Å². The van der Waals surface area contributed by atoms with Gasteiger partial charge in [0.15, 0.2) is 0 Å². The first-order valence-electron chi connectivity index (χ1n) is 8.16. The Morgan fingerprint density at radius 3 is 2.96 bits per heavy atom. The maximum atomic E-state index is 12.5. The molecule has 24 heavy (non-hydrogen) atoms. The number of nitrogens with one attached hydrogen (secondary N) is 1. The SMILES string of the molecule is O=C(CCCOc1ccc(Cl)cc1Cl)N1CCCC1c1ccc[nH]1. The summed E-state index contributed by atoms with van der Waals surface area (Å²) in [5, 5.41) is 1.06. The van der Waals surface area contributed by atoms with Crippen LogP contribution in [0, 0.1) is 0 Å². The van der Waals surface area contributed by atoms with Crippen LogP contribution in [0.1, 0.15) is 37.4 Å². The molecule has 1 saturated heterocycles. The Morgan fingerprint density at radius 2 is 2.21 bits per heavy atom. The van der Waals surface area contributed by atoms with Crippen LogP contribution in [0.4, 0.5) is 0 Å². The Hall–Kier alpha value is -1.65. The summed E-state index contributed by atoms with van der Waals surface area (Å²) in [7, 11) is 0. The number of hydrogen-bond donors (Lipinski definition) is 1. The number of hydrogen-bond acceptors (Lipinski definition) is 2. The average molecular weight is 367 g/mol. The Labute approximate surface area is 151 Å². The molecule has 4 nitrogen and oxygen atoms in total. The van der Waals surface area contributed by atoms with Crippen molar-refractivity contribution in [1.82, 2.24) is 9.88 Å². The van der Waals surface area contributed by atoms with Crippen LogP contribution in [0.3, 0.4) is 0 Å². The summed E-state index contributed by atoms with van der Waals surface area (Å²) >= 11 is 11.9. The van der Waals surface area contributed by atoms with E-state index in [1.54, 1.807) is 18.2 Å². The van der Waals surface area contributed by atoms with E-state index in [1.807, 2.05) is 23.2 Å². The Balaban J connectivity index is 1.47. The smallest absolute Gasteiger partial charge is 0.223 e. The van der Waals surface area contributed by atoms with Crippen molar-refractivity contribution < 1.29 is 9.53 Å². The van der Waals surface area contributed by atoms with Crippen LogP contribution in [0.2, 0.25) is 10.0 Å². The first kappa shape index (κ1) is 17.2. The zero-order valence-electron chi connectivity index (χ0n) is 13.3. The quantitative estimate of drug-likeness (QED) is 0.743. The van der Waals surface area contributed by atoms with Crippen LogP contribution in [0.5, 0.6) is 5.75 Å². The highest BCUT2D eigenvalue weighted by molar-refractivity contribution is 6.35. The third kappa shape index (κ3) is 4.05. The van der Waals surface area contributed by atoms with Crippen molar-refractivity contribution in [3.05, 3.63) is 52.3 Å². The Kier molecular flexibility index (Phi) is 5.69. The molecule has 0 aliphatic carbocycles. The highest BCUT2D eigenvalue weighted by atomic mass is 35.5. The number of ether oxygens (including phenoxy) is 1. The minimum Gasteiger partial charge on any atom is -0.492 e. The number of likely N-dealkylation sites (tertiary alicyclic amines) is 1. The van der Waals surface area contributed by atoms with E-state index in [0.29, 0.717) is 35.2 Å². The first-order chi connectivity index (χ1) is 11.6. The van der Waals surface area contributed by atoms with E-state index in [9.17, 15) is 4.79 Å². The van der Waals surface area contributed by atoms with E-state index in [0.717, 1.165) is 25.1 Å². The third-order valence-corrected chi connectivity index (χ3v) is 4.77. The zero-order chi connectivity index (χ0) is 16.9. The molecule has 1 N–H and O–H groups in total. The molecule has 6 heteroatoms. The van der Waals surface area contributed by atoms with Gasteiger partial charge in [-0.3, -0.25) is 4.79 Å². The zero-order valence-corrected chi connectivity index (χ0v) is 14.8. The predicted octanol–water partition coefficient (Wildman–Crippen LogP) is 4.84. The van der Waals surface area contributed by atoms with Gasteiger partial charge < -0.3 is 14.6 Å². The number of rotatable bonds is 6. The van der Waals surface area contributed by atoms with Crippen molar-refractivity contribution in [2.24, 2.45) is 0 Å². The average Bonchev–Trinajstić information content (AvgIpc) is 3.23. The van der Waals surface area contributed by atoms with Crippen molar-refractivity contribution >= 4 is 29.1 Å². The van der Waals surface area contributed by atoms with Gasteiger partial charge in [-0.05, 0) is 49.6 Å². The summed E-state index contributed by atoms with van der Waals surface area (Å²) in [5.74, 6) is 0.775. The highest BCUT2D eigenvalue weighted by Crippen LogP contribution is 2.31. The van der Waals surface area contributed by atoms with E-state index in [2.05, 4.69) is 4.98 Å². The fraction of sp³-hybridized carbons (Fsp3) is 0.389. The molecule has 1 amide bonds. The molecule has 1 fully saturated rings. The van der Waals surface area contributed by atoms with Gasteiger partial charge in [0.25, 0.3) is 0 Å². The molecule has 128 valence electrons. The topological polar surface area (TPSA) is 45.3 Å². The van der Waals surface area contributed by atoms with Crippen molar-refractivity contribution in [3.8, 4) is 5.75 Å². The number of carbonyl (C=O) groups is 1. The number of halogens is 2. The van der Waals surface area contributed by atoms with Crippen molar-refractivity contribution in [1.29, 1.82) is 0 Å². The minimum atomic E-state index is 0.179. The molecule has 1 aromatic carbocycles. The summed E-state index contributed by atoms with van der Waals surface area (Å²) in [6.07, 6.45) is 5.10. The third-order valence-electron chi connectivity index (χ3n) is 4.24. The van der Waals surface area contributed by atoms with E-state index >= 15 is 0 Å². The lowest BCUT2D eigenvalue weighted by Crippen LogP contribution is -2.30. The number of amides is 1. The lowest BCUT2D eigenvalue weighted by molar-refractivity contribution is -0.132. The van der Waals surface area contributed by atoms with Gasteiger partial charge in [-0.25, -0.2) is 0 Å². The Morgan fingerprint density at radius 1 is 1.33 bits per heavy atom. The number of nitrogens with zero attached hydrogens (tertiary/aromatic N) is 1. The number of aromatic amines is 1. The van der Waals surface area contributed by atoms with Gasteiger partial charge >= 0.3 is 0 Å². The molecule has 1 aliphatic heterocycles. The summed E-state index contributed by atoms with van der Waals surface area (Å²) in [4.78, 5) is 17.7. The molecule has 0 bridgehead atoms. The highest BCUT2D eigenvalue weighted by Gasteiger charge is 2.29. The van der Waals surface area contributed by atoms with Gasteiger partial charge in [0, 0.05) is 29.9 Å². The van der Waals surface area contributed by atoms with Crippen LogP contribution < -0.4 is 4.74 Å². The number of carbonyl (C=O) groups excluding carboxylic acids is 1. The van der Waals surface area contributed by atoms with Gasteiger partial charge in [0.05, 0.1) is 17.7 Å². The first-order valence-corrected chi connectivity index (χ1v) is 8.91. The van der Waals surface area contributed by atoms with E-state index in [1.165, 1.54) is 0 Å². The second-order valence-corrected chi connectivity index (χ2v) is 6.74. The number of benzene rings is 1. The predicted molar refractivity (Wildman–Crippen MR) is 95.7 cm³/mol. The molecule has 1 atom stereocenters. The summed E-state index contributed by atoms with van der Waals surface area (Å²) < 4.78 is 5.64. The van der Waals surface area contributed by atoms with Crippen molar-refractivity contribution in [2.45, 2.75) is 31.7 Å². The molecule has 1 unspecified atom stereocenters. The lowest BCUT2D eigenvalue weighted by atomic mass is 10.1. The maximum Gasteiger partial charge on any atom is 0.223 e. The fourth-order valence-corrected chi connectivity index (χ4v) is 3.54. The van der Waals surface area contributed by atoms with Crippen LogP contribution >= 0.6 is 23.2 Å². The van der Waals surface area contributed by atoms with Gasteiger partial charge in [-0.2, -0.15) is 0 Å². The van der Waals surface area contributed by atoms with Gasteiger partial charge in [-0.15, -0.1) is 0 Å². The lowest BCUT2D eigenvalue weighted by Gasteiger charge is -2.24. The molecule has 2 heterocycles. The largest absolute Gasteiger partial charge is 0.492 e. The van der Waals surface area contributed by atoms with Crippen LogP contribution in [-0.2, 0) is 4.79 Å². The molecule has 0 saturated carbocycles. The minimum absolute atomic E-state index is 0.179. The van der Waals surface area contributed by atoms with Gasteiger partial charge in [-0.1, -0.05) is 23.2 Å². The maximum absolute atomic E-state index is 12.5. The second-order valence-electron chi connectivity index (χ2n) is 5.90. The summed E-state index contributed by atoms with van der Waals surface area (Å²) in [6, 6.07) is 9.32. The summed E-state index contributed by atoms with van der Waals surface area (Å²) in [5.41, 5.74) is 1.12. The molecule has 1 aromatic heterocycles.